The number of rotatable bonds is 3. The Labute approximate surface area is 126 Å². The van der Waals surface area contributed by atoms with E-state index in [4.69, 9.17) is 16.7 Å². The number of benzene rings is 1. The van der Waals surface area contributed by atoms with E-state index in [2.05, 4.69) is 9.69 Å². The van der Waals surface area contributed by atoms with E-state index in [0.29, 0.717) is 5.69 Å². The van der Waals surface area contributed by atoms with Gasteiger partial charge in [0.2, 0.25) is 0 Å². The largest absolute Gasteiger partial charge is 0.478 e. The van der Waals surface area contributed by atoms with Crippen LogP contribution in [0.3, 0.4) is 0 Å². The predicted molar refractivity (Wildman–Crippen MR) is 73.5 cm³/mol. The van der Waals surface area contributed by atoms with Gasteiger partial charge in [0.1, 0.15) is 10.6 Å². The fraction of sp³-hybridized carbons (Fsp3) is 0.167. The molecule has 2 aromatic rings. The molecule has 21 heavy (non-hydrogen) atoms. The second-order valence-electron chi connectivity index (χ2n) is 4.09. The second-order valence-corrected chi connectivity index (χ2v) is 5.28. The van der Waals surface area contributed by atoms with Gasteiger partial charge in [0.05, 0.1) is 22.0 Å². The summed E-state index contributed by atoms with van der Waals surface area (Å²) < 4.78 is 41.5. The Morgan fingerprint density at radius 3 is 2.62 bits per heavy atom. The molecule has 4 nitrogen and oxygen atoms in total. The fourth-order valence-electron chi connectivity index (χ4n) is 1.62. The maximum atomic E-state index is 12.5. The molecule has 2 N–H and O–H groups in total. The predicted octanol–water partition coefficient (Wildman–Crippen LogP) is 4.57. The van der Waals surface area contributed by atoms with Crippen molar-refractivity contribution in [2.75, 3.05) is 5.32 Å². The van der Waals surface area contributed by atoms with Gasteiger partial charge in [0.15, 0.2) is 0 Å². The highest BCUT2D eigenvalue weighted by Crippen LogP contribution is 2.36. The summed E-state index contributed by atoms with van der Waals surface area (Å²) in [5.74, 6) is -1.17. The third kappa shape index (κ3) is 3.27. The van der Waals surface area contributed by atoms with Gasteiger partial charge in [-0.25, -0.2) is 4.79 Å². The van der Waals surface area contributed by atoms with Crippen molar-refractivity contribution in [3.05, 3.63) is 40.0 Å². The van der Waals surface area contributed by atoms with Crippen LogP contribution in [0.2, 0.25) is 5.02 Å². The molecule has 0 radical (unpaired) electrons. The van der Waals surface area contributed by atoms with Crippen molar-refractivity contribution in [1.82, 2.24) is 4.37 Å². The smallest absolute Gasteiger partial charge is 0.416 e. The number of anilines is 2. The zero-order valence-electron chi connectivity index (χ0n) is 10.5. The summed E-state index contributed by atoms with van der Waals surface area (Å²) in [5.41, 5.74) is -0.415. The summed E-state index contributed by atoms with van der Waals surface area (Å²) in [4.78, 5) is 11.1. The van der Waals surface area contributed by atoms with Gasteiger partial charge in [-0.1, -0.05) is 11.6 Å². The van der Waals surface area contributed by atoms with Gasteiger partial charge in [0.25, 0.3) is 0 Å². The van der Waals surface area contributed by atoms with Crippen molar-refractivity contribution >= 4 is 39.8 Å². The van der Waals surface area contributed by atoms with E-state index in [1.165, 1.54) is 6.92 Å². The lowest BCUT2D eigenvalue weighted by molar-refractivity contribution is -0.137. The maximum absolute atomic E-state index is 12.5. The molecular formula is C12H8ClF3N2O2S. The van der Waals surface area contributed by atoms with Gasteiger partial charge >= 0.3 is 12.1 Å². The van der Waals surface area contributed by atoms with Crippen LogP contribution in [0.5, 0.6) is 0 Å². The van der Waals surface area contributed by atoms with Crippen LogP contribution in [0.4, 0.5) is 23.9 Å². The van der Waals surface area contributed by atoms with Crippen LogP contribution >= 0.6 is 23.1 Å². The number of carboxylic acid groups (broad SMARTS) is 1. The Kier molecular flexibility index (Phi) is 4.11. The van der Waals surface area contributed by atoms with E-state index in [-0.39, 0.29) is 21.3 Å². The number of hydrogen-bond donors (Lipinski definition) is 2. The normalized spacial score (nSPS) is 11.5. The average molecular weight is 337 g/mol. The minimum Gasteiger partial charge on any atom is -0.478 e. The third-order valence-corrected chi connectivity index (χ3v) is 3.79. The Morgan fingerprint density at radius 2 is 2.10 bits per heavy atom. The number of hydrogen-bond acceptors (Lipinski definition) is 4. The molecule has 0 atom stereocenters. The van der Waals surface area contributed by atoms with Crippen LogP contribution in [0.25, 0.3) is 0 Å². The summed E-state index contributed by atoms with van der Waals surface area (Å²) in [6.07, 6.45) is -4.49. The molecule has 1 aromatic heterocycles. The van der Waals surface area contributed by atoms with Crippen LogP contribution in [0.15, 0.2) is 18.2 Å². The molecule has 0 amide bonds. The van der Waals surface area contributed by atoms with Crippen LogP contribution in [-0.4, -0.2) is 15.4 Å². The van der Waals surface area contributed by atoms with Crippen molar-refractivity contribution in [2.24, 2.45) is 0 Å². The summed E-state index contributed by atoms with van der Waals surface area (Å²) in [5, 5.41) is 11.8. The minimum absolute atomic E-state index is 0.0315. The number of carbonyl (C=O) groups is 1. The van der Waals surface area contributed by atoms with E-state index in [0.717, 1.165) is 29.7 Å². The molecule has 2 rings (SSSR count). The van der Waals surface area contributed by atoms with Crippen LogP contribution in [-0.2, 0) is 6.18 Å². The molecule has 112 valence electrons. The molecule has 0 bridgehead atoms. The second kappa shape index (κ2) is 5.53. The molecule has 0 aliphatic carbocycles. The van der Waals surface area contributed by atoms with E-state index >= 15 is 0 Å². The van der Waals surface area contributed by atoms with Crippen molar-refractivity contribution in [3.8, 4) is 0 Å². The Morgan fingerprint density at radius 1 is 1.43 bits per heavy atom. The lowest BCUT2D eigenvalue weighted by Gasteiger charge is -2.11. The number of aryl methyl sites for hydroxylation is 1. The standard InChI is InChI=1S/C12H8ClF3N2O2S/c1-5-9(11(19)20)10(21-18-5)17-8-3-2-6(4-7(8)13)12(14,15)16/h2-4,17H,1H3,(H,19,20). The molecule has 0 spiro atoms. The Balaban J connectivity index is 2.35. The van der Waals surface area contributed by atoms with Crippen molar-refractivity contribution in [1.29, 1.82) is 0 Å². The molecule has 0 saturated carbocycles. The van der Waals surface area contributed by atoms with Gasteiger partial charge in [-0.05, 0) is 36.7 Å². The molecule has 1 aromatic carbocycles. The van der Waals surface area contributed by atoms with Gasteiger partial charge < -0.3 is 10.4 Å². The van der Waals surface area contributed by atoms with Crippen LogP contribution in [0.1, 0.15) is 21.6 Å². The number of halogens is 4. The molecule has 0 aliphatic heterocycles. The monoisotopic (exact) mass is 336 g/mol. The minimum atomic E-state index is -4.49. The van der Waals surface area contributed by atoms with Gasteiger partial charge in [0, 0.05) is 0 Å². The number of aromatic carboxylic acids is 1. The lowest BCUT2D eigenvalue weighted by atomic mass is 10.2. The van der Waals surface area contributed by atoms with Crippen molar-refractivity contribution in [3.63, 3.8) is 0 Å². The Hall–Kier alpha value is -1.80. The molecular weight excluding hydrogens is 329 g/mol. The highest BCUT2D eigenvalue weighted by molar-refractivity contribution is 7.10. The number of alkyl halides is 3. The molecule has 1 heterocycles. The zero-order valence-corrected chi connectivity index (χ0v) is 12.0. The average Bonchev–Trinajstić information content (AvgIpc) is 2.71. The van der Waals surface area contributed by atoms with Gasteiger partial charge in [-0.2, -0.15) is 17.5 Å². The van der Waals surface area contributed by atoms with Gasteiger partial charge in [-0.15, -0.1) is 0 Å². The Bertz CT molecular complexity index is 700. The SMILES string of the molecule is Cc1nsc(Nc2ccc(C(F)(F)F)cc2Cl)c1C(=O)O. The summed E-state index contributed by atoms with van der Waals surface area (Å²) in [7, 11) is 0. The summed E-state index contributed by atoms with van der Waals surface area (Å²) in [6, 6.07) is 2.78. The van der Waals surface area contributed by atoms with Crippen molar-refractivity contribution < 1.29 is 23.1 Å². The van der Waals surface area contributed by atoms with E-state index in [9.17, 15) is 18.0 Å². The first-order valence-electron chi connectivity index (χ1n) is 5.53. The highest BCUT2D eigenvalue weighted by atomic mass is 35.5. The van der Waals surface area contributed by atoms with E-state index in [1.54, 1.807) is 0 Å². The molecule has 0 fully saturated rings. The quantitative estimate of drug-likeness (QED) is 0.862. The first-order valence-corrected chi connectivity index (χ1v) is 6.68. The number of nitrogens with zero attached hydrogens (tertiary/aromatic N) is 1. The molecule has 9 heteroatoms. The number of aromatic nitrogens is 1. The van der Waals surface area contributed by atoms with Crippen LogP contribution in [0, 0.1) is 6.92 Å². The summed E-state index contributed by atoms with van der Waals surface area (Å²) >= 11 is 6.69. The zero-order chi connectivity index (χ0) is 15.8. The fourth-order valence-corrected chi connectivity index (χ4v) is 2.65. The van der Waals surface area contributed by atoms with Crippen molar-refractivity contribution in [2.45, 2.75) is 13.1 Å². The van der Waals surface area contributed by atoms with E-state index < -0.39 is 17.7 Å². The van der Waals surface area contributed by atoms with Crippen LogP contribution < -0.4 is 5.32 Å². The number of carboxylic acids is 1. The lowest BCUT2D eigenvalue weighted by Crippen LogP contribution is -2.05. The topological polar surface area (TPSA) is 62.2 Å². The third-order valence-electron chi connectivity index (χ3n) is 2.62. The number of nitrogens with one attached hydrogen (secondary N) is 1. The maximum Gasteiger partial charge on any atom is 0.416 e. The molecule has 0 unspecified atom stereocenters. The molecule has 0 saturated heterocycles. The molecule has 0 aliphatic rings. The van der Waals surface area contributed by atoms with E-state index in [1.807, 2.05) is 0 Å². The van der Waals surface area contributed by atoms with Gasteiger partial charge in [-0.3, -0.25) is 0 Å². The first kappa shape index (κ1) is 15.6. The summed E-state index contributed by atoms with van der Waals surface area (Å²) in [6.45, 7) is 1.53. The highest BCUT2D eigenvalue weighted by Gasteiger charge is 2.31. The first-order chi connectivity index (χ1) is 9.70.